The van der Waals surface area contributed by atoms with Crippen molar-refractivity contribution in [2.75, 3.05) is 31.1 Å². The number of nitrogens with one attached hydrogen (secondary N) is 2. The fourth-order valence-corrected chi connectivity index (χ4v) is 3.93. The zero-order valence-corrected chi connectivity index (χ0v) is 12.4. The maximum absolute atomic E-state index is 11.6. The molecule has 0 aromatic rings. The Morgan fingerprint density at radius 2 is 2.25 bits per heavy atom. The molecule has 112 valence electrons. The van der Waals surface area contributed by atoms with Gasteiger partial charge in [0.05, 0.1) is 31.4 Å². The van der Waals surface area contributed by atoms with Gasteiger partial charge in [0.2, 0.25) is 5.91 Å². The van der Waals surface area contributed by atoms with Crippen molar-refractivity contribution < 1.29 is 19.6 Å². The third-order valence-electron chi connectivity index (χ3n) is 4.41. The number of quaternary nitrogens is 1. The van der Waals surface area contributed by atoms with Crippen LogP contribution in [0.1, 0.15) is 12.8 Å². The van der Waals surface area contributed by atoms with Crippen molar-refractivity contribution >= 4 is 23.6 Å². The van der Waals surface area contributed by atoms with Crippen LogP contribution in [0.15, 0.2) is 12.7 Å². The third kappa shape index (κ3) is 3.99. The summed E-state index contributed by atoms with van der Waals surface area (Å²) in [6.07, 6.45) is 4.49. The number of carboxylic acids is 1. The van der Waals surface area contributed by atoms with Crippen molar-refractivity contribution in [2.24, 2.45) is 11.8 Å². The molecule has 5 nitrogen and oxygen atoms in total. The quantitative estimate of drug-likeness (QED) is 0.537. The minimum atomic E-state index is -1.13. The first-order valence-corrected chi connectivity index (χ1v) is 8.27. The topological polar surface area (TPSA) is 73.7 Å². The zero-order chi connectivity index (χ0) is 14.5. The molecule has 1 amide bonds. The highest BCUT2D eigenvalue weighted by atomic mass is 32.2. The van der Waals surface area contributed by atoms with Crippen molar-refractivity contribution in [1.82, 2.24) is 5.32 Å². The van der Waals surface area contributed by atoms with E-state index in [0.717, 1.165) is 30.6 Å². The summed E-state index contributed by atoms with van der Waals surface area (Å²) in [4.78, 5) is 23.4. The highest BCUT2D eigenvalue weighted by Gasteiger charge is 2.42. The van der Waals surface area contributed by atoms with Crippen LogP contribution in [0, 0.1) is 11.8 Å². The number of fused-ring (bicyclic) bond motifs is 3. The minimum Gasteiger partial charge on any atom is -0.549 e. The number of thioether (sulfide) groups is 1. The first kappa shape index (κ1) is 15.4. The van der Waals surface area contributed by atoms with Crippen LogP contribution in [0.5, 0.6) is 0 Å². The van der Waals surface area contributed by atoms with Crippen LogP contribution in [0.3, 0.4) is 0 Å². The first-order valence-electron chi connectivity index (χ1n) is 7.11. The van der Waals surface area contributed by atoms with Gasteiger partial charge in [-0.3, -0.25) is 4.79 Å². The number of piperidine rings is 3. The number of carboxylic acid groups (broad SMARTS) is 1. The SMILES string of the molecule is C=C[C@H]1C[NH+]2CC[C@@H]1C[C@@H]2CNC(=O)CSCC(=O)[O-]. The molecule has 3 aliphatic rings. The number of aliphatic carboxylic acids is 1. The Balaban J connectivity index is 1.69. The molecule has 2 bridgehead atoms. The molecule has 0 saturated carbocycles. The van der Waals surface area contributed by atoms with E-state index in [1.54, 1.807) is 4.90 Å². The Labute approximate surface area is 123 Å². The molecule has 0 aliphatic carbocycles. The van der Waals surface area contributed by atoms with Gasteiger partial charge in [-0.2, -0.15) is 0 Å². The highest BCUT2D eigenvalue weighted by Crippen LogP contribution is 2.27. The van der Waals surface area contributed by atoms with E-state index >= 15 is 0 Å². The maximum Gasteiger partial charge on any atom is 0.230 e. The van der Waals surface area contributed by atoms with Crippen LogP contribution in [0.25, 0.3) is 0 Å². The Morgan fingerprint density at radius 3 is 2.85 bits per heavy atom. The molecule has 0 aromatic heterocycles. The number of hydrogen-bond donors (Lipinski definition) is 2. The smallest absolute Gasteiger partial charge is 0.230 e. The lowest BCUT2D eigenvalue weighted by atomic mass is 9.75. The molecule has 4 atom stereocenters. The van der Waals surface area contributed by atoms with Gasteiger partial charge in [0.25, 0.3) is 0 Å². The molecular weight excluding hydrogens is 276 g/mol. The van der Waals surface area contributed by atoms with Crippen molar-refractivity contribution in [1.29, 1.82) is 0 Å². The lowest BCUT2D eigenvalue weighted by molar-refractivity contribution is -0.944. The molecule has 3 heterocycles. The Bertz CT molecular complexity index is 389. The van der Waals surface area contributed by atoms with Crippen molar-refractivity contribution in [3.63, 3.8) is 0 Å². The molecule has 3 fully saturated rings. The molecule has 2 N–H and O–H groups in total. The second kappa shape index (κ2) is 7.13. The normalized spacial score (nSPS) is 31.8. The van der Waals surface area contributed by atoms with Gasteiger partial charge in [-0.15, -0.1) is 18.3 Å². The van der Waals surface area contributed by atoms with Gasteiger partial charge in [0.1, 0.15) is 6.04 Å². The van der Waals surface area contributed by atoms with Crippen LogP contribution in [-0.4, -0.2) is 49.1 Å². The lowest BCUT2D eigenvalue weighted by Gasteiger charge is -2.46. The summed E-state index contributed by atoms with van der Waals surface area (Å²) in [5.74, 6) is 0.201. The summed E-state index contributed by atoms with van der Waals surface area (Å²) in [5, 5.41) is 13.2. The summed E-state index contributed by atoms with van der Waals surface area (Å²) in [6.45, 7) is 6.93. The molecule has 3 saturated heterocycles. The van der Waals surface area contributed by atoms with Crippen molar-refractivity contribution in [3.8, 4) is 0 Å². The van der Waals surface area contributed by atoms with Crippen LogP contribution in [0.2, 0.25) is 0 Å². The van der Waals surface area contributed by atoms with E-state index in [-0.39, 0.29) is 17.4 Å². The highest BCUT2D eigenvalue weighted by molar-refractivity contribution is 8.00. The Hall–Kier alpha value is -1.01. The van der Waals surface area contributed by atoms with Crippen molar-refractivity contribution in [2.45, 2.75) is 18.9 Å². The number of hydrogen-bond acceptors (Lipinski definition) is 4. The van der Waals surface area contributed by atoms with Gasteiger partial charge >= 0.3 is 0 Å². The Kier molecular flexibility index (Phi) is 5.48. The van der Waals surface area contributed by atoms with Crippen LogP contribution < -0.4 is 15.3 Å². The van der Waals surface area contributed by atoms with Gasteiger partial charge in [-0.1, -0.05) is 6.08 Å². The van der Waals surface area contributed by atoms with Crippen molar-refractivity contribution in [3.05, 3.63) is 12.7 Å². The second-order valence-corrected chi connectivity index (χ2v) is 6.65. The average Bonchev–Trinajstić information content (AvgIpc) is 2.45. The fraction of sp³-hybridized carbons (Fsp3) is 0.714. The Morgan fingerprint density at radius 1 is 1.45 bits per heavy atom. The predicted molar refractivity (Wildman–Crippen MR) is 76.2 cm³/mol. The van der Waals surface area contributed by atoms with E-state index in [1.165, 1.54) is 13.0 Å². The van der Waals surface area contributed by atoms with E-state index in [0.29, 0.717) is 18.5 Å². The summed E-state index contributed by atoms with van der Waals surface area (Å²) in [6, 6.07) is 0.500. The first-order chi connectivity index (χ1) is 9.60. The molecule has 0 aromatic carbocycles. The number of carbonyl (C=O) groups is 2. The van der Waals surface area contributed by atoms with Gasteiger partial charge in [-0.25, -0.2) is 0 Å². The second-order valence-electron chi connectivity index (χ2n) is 5.66. The molecule has 1 unspecified atom stereocenters. The monoisotopic (exact) mass is 298 g/mol. The van der Waals surface area contributed by atoms with Gasteiger partial charge in [0.15, 0.2) is 0 Å². The number of amides is 1. The predicted octanol–water partition coefficient (Wildman–Crippen LogP) is -1.93. The third-order valence-corrected chi connectivity index (χ3v) is 5.31. The van der Waals surface area contributed by atoms with Gasteiger partial charge in [0, 0.05) is 24.5 Å². The van der Waals surface area contributed by atoms with E-state index in [1.807, 2.05) is 0 Å². The van der Waals surface area contributed by atoms with Crippen LogP contribution in [0.4, 0.5) is 0 Å². The van der Waals surface area contributed by atoms with Gasteiger partial charge < -0.3 is 20.1 Å². The molecule has 0 spiro atoms. The molecule has 20 heavy (non-hydrogen) atoms. The van der Waals surface area contributed by atoms with E-state index in [9.17, 15) is 14.7 Å². The zero-order valence-electron chi connectivity index (χ0n) is 11.6. The van der Waals surface area contributed by atoms with Gasteiger partial charge in [-0.05, 0) is 5.92 Å². The van der Waals surface area contributed by atoms with Crippen LogP contribution in [-0.2, 0) is 9.59 Å². The molecule has 3 rings (SSSR count). The lowest BCUT2D eigenvalue weighted by Crippen LogP contribution is -3.20. The number of rotatable bonds is 7. The molecule has 0 radical (unpaired) electrons. The standard InChI is InChI=1S/C14H22N2O3S/c1-2-10-7-16-4-3-11(10)5-12(16)6-15-13(17)8-20-9-14(18)19/h2,10-12H,1,3-9H2,(H,15,17)(H,18,19)/t10-,11+,12+/m0/s1. The summed E-state index contributed by atoms with van der Waals surface area (Å²) >= 11 is 1.08. The maximum atomic E-state index is 11.6. The summed E-state index contributed by atoms with van der Waals surface area (Å²) in [7, 11) is 0. The largest absolute Gasteiger partial charge is 0.549 e. The average molecular weight is 298 g/mol. The summed E-state index contributed by atoms with van der Waals surface area (Å²) in [5.41, 5.74) is 0. The minimum absolute atomic E-state index is 0.0847. The van der Waals surface area contributed by atoms with Crippen LogP contribution >= 0.6 is 11.8 Å². The fourth-order valence-electron chi connectivity index (χ4n) is 3.37. The van der Waals surface area contributed by atoms with E-state index in [2.05, 4.69) is 18.0 Å². The summed E-state index contributed by atoms with van der Waals surface area (Å²) < 4.78 is 0. The van der Waals surface area contributed by atoms with E-state index in [4.69, 9.17) is 0 Å². The molecule has 6 heteroatoms. The molecular formula is C14H22N2O3S. The number of carbonyl (C=O) groups excluding carboxylic acids is 2. The molecule has 3 aliphatic heterocycles. The van der Waals surface area contributed by atoms with E-state index < -0.39 is 5.97 Å².